The highest BCUT2D eigenvalue weighted by molar-refractivity contribution is 5.83. The molecule has 4 atom stereocenters. The van der Waals surface area contributed by atoms with Gasteiger partial charge in [0.15, 0.2) is 0 Å². The predicted molar refractivity (Wildman–Crippen MR) is 182 cm³/mol. The molecule has 1 spiro atoms. The normalized spacial score (nSPS) is 30.7. The first-order valence-electron chi connectivity index (χ1n) is 17.9. The van der Waals surface area contributed by atoms with Crippen molar-refractivity contribution in [2.24, 2.45) is 29.6 Å². The highest BCUT2D eigenvalue weighted by Gasteiger charge is 2.53. The lowest BCUT2D eigenvalue weighted by molar-refractivity contribution is -0.156. The molecular weight excluding hydrogens is 540 g/mol. The third kappa shape index (κ3) is 6.80. The summed E-state index contributed by atoms with van der Waals surface area (Å²) in [5, 5.41) is 3.14. The van der Waals surface area contributed by atoms with Crippen molar-refractivity contribution < 1.29 is 9.59 Å². The number of rotatable bonds is 11. The zero-order valence-corrected chi connectivity index (χ0v) is 28.2. The van der Waals surface area contributed by atoms with Crippen LogP contribution in [0.5, 0.6) is 0 Å². The molecule has 3 fully saturated rings. The van der Waals surface area contributed by atoms with Crippen LogP contribution in [0.1, 0.15) is 124 Å². The molecule has 1 aliphatic heterocycles. The number of amides is 2. The van der Waals surface area contributed by atoms with Crippen molar-refractivity contribution in [3.05, 3.63) is 71.5 Å². The molecule has 4 heteroatoms. The van der Waals surface area contributed by atoms with Gasteiger partial charge in [0, 0.05) is 30.1 Å². The van der Waals surface area contributed by atoms with Crippen LogP contribution in [-0.4, -0.2) is 28.8 Å². The van der Waals surface area contributed by atoms with Crippen molar-refractivity contribution in [3.8, 4) is 0 Å². The van der Waals surface area contributed by atoms with Crippen LogP contribution in [0.2, 0.25) is 0 Å². The second-order valence-electron chi connectivity index (χ2n) is 15.0. The maximum absolute atomic E-state index is 14.5. The van der Waals surface area contributed by atoms with E-state index >= 15 is 0 Å². The molecule has 1 saturated heterocycles. The van der Waals surface area contributed by atoms with Gasteiger partial charge in [0.1, 0.15) is 0 Å². The molecule has 4 unspecified atom stereocenters. The molecule has 3 aliphatic carbocycles. The summed E-state index contributed by atoms with van der Waals surface area (Å²) >= 11 is 0. The fourth-order valence-electron chi connectivity index (χ4n) is 9.05. The standard InChI is InChI=1S/C40H58N2O2/c1-6-12-31(5)40(34-15-9-8-10-16-34)25-23-39(24-26-40)22-21-36(38(44)42(39)28-32-13-11-14-32)30(4)27-37(43)41-35-19-17-29(3)33(7-2)18-20-35/h8-10,15-20,30-33,36H,6-7,11-14,21-28H2,1-5H3,(H,41,43)/t30?,31?,33?,36?,39-,40-. The van der Waals surface area contributed by atoms with Gasteiger partial charge in [0.25, 0.3) is 0 Å². The van der Waals surface area contributed by atoms with Gasteiger partial charge in [-0.2, -0.15) is 0 Å². The number of carbonyl (C=O) groups excluding carboxylic acids is 2. The quantitative estimate of drug-likeness (QED) is 0.276. The lowest BCUT2D eigenvalue weighted by Gasteiger charge is -2.58. The molecule has 2 saturated carbocycles. The molecule has 44 heavy (non-hydrogen) atoms. The van der Waals surface area contributed by atoms with Gasteiger partial charge in [0.05, 0.1) is 0 Å². The summed E-state index contributed by atoms with van der Waals surface area (Å²) in [6, 6.07) is 11.3. The molecule has 5 rings (SSSR count). The Morgan fingerprint density at radius 3 is 2.36 bits per heavy atom. The van der Waals surface area contributed by atoms with E-state index in [2.05, 4.69) is 87.3 Å². The van der Waals surface area contributed by atoms with Crippen molar-refractivity contribution in [1.82, 2.24) is 10.2 Å². The lowest BCUT2D eigenvalue weighted by atomic mass is 9.56. The van der Waals surface area contributed by atoms with Crippen LogP contribution in [0.4, 0.5) is 0 Å². The number of hydrogen-bond donors (Lipinski definition) is 1. The molecule has 1 aromatic rings. The fraction of sp³-hybridized carbons (Fsp3) is 0.650. The fourth-order valence-corrected chi connectivity index (χ4v) is 9.05. The van der Waals surface area contributed by atoms with E-state index in [0.29, 0.717) is 30.1 Å². The van der Waals surface area contributed by atoms with E-state index in [1.807, 2.05) is 12.2 Å². The van der Waals surface area contributed by atoms with E-state index in [1.165, 1.54) is 43.2 Å². The molecule has 4 nitrogen and oxygen atoms in total. The van der Waals surface area contributed by atoms with Crippen LogP contribution in [0.15, 0.2) is 65.9 Å². The Bertz CT molecular complexity index is 1230. The van der Waals surface area contributed by atoms with Crippen LogP contribution < -0.4 is 5.32 Å². The largest absolute Gasteiger partial charge is 0.336 e. The molecule has 4 aliphatic rings. The summed E-state index contributed by atoms with van der Waals surface area (Å²) in [5.74, 6) is 1.99. The molecule has 0 aromatic heterocycles. The van der Waals surface area contributed by atoms with Gasteiger partial charge in [-0.15, -0.1) is 0 Å². The lowest BCUT2D eigenvalue weighted by Crippen LogP contribution is -2.62. The Hall–Kier alpha value is -2.62. The number of nitrogens with zero attached hydrogens (tertiary/aromatic N) is 1. The van der Waals surface area contributed by atoms with Gasteiger partial charge in [-0.25, -0.2) is 0 Å². The van der Waals surface area contributed by atoms with Crippen LogP contribution in [0.25, 0.3) is 0 Å². The maximum atomic E-state index is 14.5. The van der Waals surface area contributed by atoms with Gasteiger partial charge in [-0.3, -0.25) is 9.59 Å². The Kier molecular flexibility index (Phi) is 10.6. The molecule has 1 heterocycles. The van der Waals surface area contributed by atoms with Crippen molar-refractivity contribution in [1.29, 1.82) is 0 Å². The van der Waals surface area contributed by atoms with Gasteiger partial charge in [-0.1, -0.05) is 95.0 Å². The Labute approximate surface area is 267 Å². The van der Waals surface area contributed by atoms with Crippen molar-refractivity contribution in [2.45, 2.75) is 129 Å². The van der Waals surface area contributed by atoms with Crippen molar-refractivity contribution in [3.63, 3.8) is 0 Å². The third-order valence-electron chi connectivity index (χ3n) is 12.4. The zero-order valence-electron chi connectivity index (χ0n) is 28.2. The van der Waals surface area contributed by atoms with E-state index in [1.54, 1.807) is 0 Å². The molecule has 2 amide bonds. The second kappa shape index (κ2) is 14.2. The summed E-state index contributed by atoms with van der Waals surface area (Å²) in [7, 11) is 0. The van der Waals surface area contributed by atoms with Gasteiger partial charge < -0.3 is 10.2 Å². The van der Waals surface area contributed by atoms with E-state index in [9.17, 15) is 9.59 Å². The summed E-state index contributed by atoms with van der Waals surface area (Å²) in [6.07, 6.45) is 22.5. The monoisotopic (exact) mass is 598 g/mol. The SMILES string of the molecule is CCCC(C)[C@]1(c2ccccc2)CC[C@@]2(CCC(C(C)CC(=O)NC3=CC=C(C)C(CC)C=C3)C(=O)N2CC2CCC2)CC1. The molecule has 0 bridgehead atoms. The zero-order chi connectivity index (χ0) is 31.3. The minimum atomic E-state index is -0.0726. The third-order valence-corrected chi connectivity index (χ3v) is 12.4. The topological polar surface area (TPSA) is 49.4 Å². The summed E-state index contributed by atoms with van der Waals surface area (Å²) in [6.45, 7) is 12.2. The van der Waals surface area contributed by atoms with Crippen LogP contribution in [-0.2, 0) is 15.0 Å². The van der Waals surface area contributed by atoms with Gasteiger partial charge in [0.2, 0.25) is 11.8 Å². The highest BCUT2D eigenvalue weighted by atomic mass is 16.2. The van der Waals surface area contributed by atoms with E-state index in [0.717, 1.165) is 57.2 Å². The number of benzene rings is 1. The van der Waals surface area contributed by atoms with Gasteiger partial charge >= 0.3 is 0 Å². The van der Waals surface area contributed by atoms with Crippen molar-refractivity contribution >= 4 is 11.8 Å². The number of likely N-dealkylation sites (tertiary alicyclic amines) is 1. The van der Waals surface area contributed by atoms with Gasteiger partial charge in [-0.05, 0) is 112 Å². The predicted octanol–water partition coefficient (Wildman–Crippen LogP) is 9.28. The first kappa shape index (κ1) is 32.8. The molecule has 1 aromatic carbocycles. The average Bonchev–Trinajstić information content (AvgIpc) is 3.17. The molecular formula is C40H58N2O2. The highest BCUT2D eigenvalue weighted by Crippen LogP contribution is 2.54. The van der Waals surface area contributed by atoms with Crippen LogP contribution in [0, 0.1) is 29.6 Å². The van der Waals surface area contributed by atoms with E-state index < -0.39 is 0 Å². The smallest absolute Gasteiger partial charge is 0.226 e. The molecule has 1 N–H and O–H groups in total. The molecule has 240 valence electrons. The summed E-state index contributed by atoms with van der Waals surface area (Å²) < 4.78 is 0. The first-order chi connectivity index (χ1) is 21.2. The number of hydrogen-bond acceptors (Lipinski definition) is 2. The first-order valence-corrected chi connectivity index (χ1v) is 17.9. The van der Waals surface area contributed by atoms with Crippen LogP contribution in [0.3, 0.4) is 0 Å². The number of carbonyl (C=O) groups is 2. The maximum Gasteiger partial charge on any atom is 0.226 e. The molecule has 0 radical (unpaired) electrons. The Balaban J connectivity index is 1.29. The minimum absolute atomic E-state index is 0.0169. The van der Waals surface area contributed by atoms with E-state index in [-0.39, 0.29) is 28.7 Å². The van der Waals surface area contributed by atoms with Crippen LogP contribution >= 0.6 is 0 Å². The van der Waals surface area contributed by atoms with E-state index in [4.69, 9.17) is 0 Å². The number of nitrogens with one attached hydrogen (secondary N) is 1. The Morgan fingerprint density at radius 2 is 1.73 bits per heavy atom. The summed E-state index contributed by atoms with van der Waals surface area (Å²) in [5.41, 5.74) is 3.83. The average molecular weight is 599 g/mol. The van der Waals surface area contributed by atoms with Crippen molar-refractivity contribution in [2.75, 3.05) is 6.54 Å². The second-order valence-corrected chi connectivity index (χ2v) is 15.0. The summed E-state index contributed by atoms with van der Waals surface area (Å²) in [4.78, 5) is 30.1. The number of piperidine rings is 1. The Morgan fingerprint density at radius 1 is 1.00 bits per heavy atom. The minimum Gasteiger partial charge on any atom is -0.336 e. The number of allylic oxidation sites excluding steroid dienone is 5.